The third-order valence-corrected chi connectivity index (χ3v) is 2.38. The van der Waals surface area contributed by atoms with Crippen LogP contribution in [0.15, 0.2) is 0 Å². The zero-order chi connectivity index (χ0) is 11.7. The Kier molecular flexibility index (Phi) is 9.06. The normalized spacial score (nSPS) is 13.8. The molecule has 0 amide bonds. The predicted octanol–water partition coefficient (Wildman–Crippen LogP) is 1.32. The van der Waals surface area contributed by atoms with Crippen LogP contribution in [0.4, 0.5) is 0 Å². The molecule has 0 aliphatic carbocycles. The number of nitrogens with zero attached hydrogens (tertiary/aromatic N) is 1. The summed E-state index contributed by atoms with van der Waals surface area (Å²) in [7, 11) is 2.14. The van der Waals surface area contributed by atoms with Crippen molar-refractivity contribution in [1.29, 1.82) is 0 Å². The summed E-state index contributed by atoms with van der Waals surface area (Å²) in [6.45, 7) is 10.6. The zero-order valence-corrected chi connectivity index (χ0v) is 10.8. The van der Waals surface area contributed by atoms with Crippen LogP contribution in [0.1, 0.15) is 33.6 Å². The summed E-state index contributed by atoms with van der Waals surface area (Å²) in [4.78, 5) is 2.32. The van der Waals surface area contributed by atoms with Crippen LogP contribution in [0.25, 0.3) is 0 Å². The minimum Gasteiger partial charge on any atom is -0.393 e. The molecule has 3 nitrogen and oxygen atoms in total. The third kappa shape index (κ3) is 11.8. The van der Waals surface area contributed by atoms with E-state index in [9.17, 15) is 0 Å². The monoisotopic (exact) mass is 216 g/mol. The molecule has 3 heteroatoms. The second-order valence-electron chi connectivity index (χ2n) is 4.89. The second kappa shape index (κ2) is 9.13. The lowest BCUT2D eigenvalue weighted by atomic mass is 10.2. The molecule has 0 aromatic carbocycles. The van der Waals surface area contributed by atoms with E-state index in [1.165, 1.54) is 0 Å². The average Bonchev–Trinajstić information content (AvgIpc) is 2.11. The van der Waals surface area contributed by atoms with E-state index >= 15 is 0 Å². The molecule has 0 aliphatic rings. The minimum absolute atomic E-state index is 0.155. The van der Waals surface area contributed by atoms with E-state index in [1.807, 2.05) is 6.92 Å². The van der Waals surface area contributed by atoms with E-state index in [-0.39, 0.29) is 6.10 Å². The van der Waals surface area contributed by atoms with Gasteiger partial charge in [-0.3, -0.25) is 0 Å². The van der Waals surface area contributed by atoms with Crippen LogP contribution in [0.2, 0.25) is 0 Å². The molecule has 0 aliphatic heterocycles. The summed E-state index contributed by atoms with van der Waals surface area (Å²) in [6, 6.07) is 0. The van der Waals surface area contributed by atoms with E-state index in [0.29, 0.717) is 0 Å². The molecule has 1 atom stereocenters. The van der Waals surface area contributed by atoms with Crippen LogP contribution in [-0.2, 0) is 0 Å². The van der Waals surface area contributed by atoms with E-state index in [1.54, 1.807) is 0 Å². The summed E-state index contributed by atoms with van der Waals surface area (Å²) in [6.07, 6.45) is 1.83. The number of nitrogens with one attached hydrogen (secondary N) is 1. The molecule has 1 unspecified atom stereocenters. The fourth-order valence-electron chi connectivity index (χ4n) is 1.43. The van der Waals surface area contributed by atoms with Crippen molar-refractivity contribution in [2.24, 2.45) is 5.92 Å². The summed E-state index contributed by atoms with van der Waals surface area (Å²) < 4.78 is 0. The van der Waals surface area contributed by atoms with Gasteiger partial charge in [0.1, 0.15) is 0 Å². The Labute approximate surface area is 94.9 Å². The van der Waals surface area contributed by atoms with Crippen molar-refractivity contribution < 1.29 is 5.11 Å². The quantitative estimate of drug-likeness (QED) is 0.571. The van der Waals surface area contributed by atoms with Gasteiger partial charge in [-0.2, -0.15) is 0 Å². The van der Waals surface area contributed by atoms with Gasteiger partial charge in [-0.05, 0) is 45.8 Å². The maximum Gasteiger partial charge on any atom is 0.0512 e. The van der Waals surface area contributed by atoms with Gasteiger partial charge in [0.25, 0.3) is 0 Å². The van der Waals surface area contributed by atoms with Crippen molar-refractivity contribution >= 4 is 0 Å². The summed E-state index contributed by atoms with van der Waals surface area (Å²) in [5.41, 5.74) is 0. The largest absolute Gasteiger partial charge is 0.393 e. The van der Waals surface area contributed by atoms with Gasteiger partial charge in [0, 0.05) is 13.1 Å². The lowest BCUT2D eigenvalue weighted by Crippen LogP contribution is -2.31. The average molecular weight is 216 g/mol. The highest BCUT2D eigenvalue weighted by Crippen LogP contribution is 1.97. The standard InChI is InChI=1S/C12H28N2O/c1-11(2)10-13-7-9-14(4)8-5-6-12(3)15/h11-13,15H,5-10H2,1-4H3. The van der Waals surface area contributed by atoms with Crippen LogP contribution in [-0.4, -0.2) is 49.3 Å². The SMILES string of the molecule is CC(C)CNCCN(C)CCCC(C)O. The van der Waals surface area contributed by atoms with Crippen LogP contribution < -0.4 is 5.32 Å². The van der Waals surface area contributed by atoms with Crippen LogP contribution in [0.3, 0.4) is 0 Å². The summed E-state index contributed by atoms with van der Waals surface area (Å²) in [5.74, 6) is 0.727. The van der Waals surface area contributed by atoms with Gasteiger partial charge in [0.2, 0.25) is 0 Å². The van der Waals surface area contributed by atoms with Gasteiger partial charge in [0.15, 0.2) is 0 Å². The van der Waals surface area contributed by atoms with Crippen molar-refractivity contribution in [2.75, 3.05) is 33.2 Å². The zero-order valence-electron chi connectivity index (χ0n) is 10.8. The first-order chi connectivity index (χ1) is 7.02. The first-order valence-corrected chi connectivity index (χ1v) is 6.09. The number of hydrogen-bond donors (Lipinski definition) is 2. The molecule has 0 spiro atoms. The fourth-order valence-corrected chi connectivity index (χ4v) is 1.43. The molecule has 0 heterocycles. The van der Waals surface area contributed by atoms with Gasteiger partial charge in [-0.15, -0.1) is 0 Å². The Morgan fingerprint density at radius 2 is 1.87 bits per heavy atom. The van der Waals surface area contributed by atoms with Crippen LogP contribution in [0.5, 0.6) is 0 Å². The molecule has 0 aromatic rings. The topological polar surface area (TPSA) is 35.5 Å². The lowest BCUT2D eigenvalue weighted by Gasteiger charge is -2.17. The van der Waals surface area contributed by atoms with E-state index < -0.39 is 0 Å². The van der Waals surface area contributed by atoms with Crippen molar-refractivity contribution in [3.05, 3.63) is 0 Å². The van der Waals surface area contributed by atoms with Crippen molar-refractivity contribution in [3.8, 4) is 0 Å². The maximum absolute atomic E-state index is 9.11. The van der Waals surface area contributed by atoms with Gasteiger partial charge in [-0.1, -0.05) is 13.8 Å². The molecule has 0 fully saturated rings. The number of likely N-dealkylation sites (N-methyl/N-ethyl adjacent to an activating group) is 1. The Balaban J connectivity index is 3.22. The number of hydrogen-bond acceptors (Lipinski definition) is 3. The Morgan fingerprint density at radius 1 is 1.20 bits per heavy atom. The Hall–Kier alpha value is -0.120. The summed E-state index contributed by atoms with van der Waals surface area (Å²) in [5, 5.41) is 12.5. The fraction of sp³-hybridized carbons (Fsp3) is 1.00. The van der Waals surface area contributed by atoms with Crippen LogP contribution >= 0.6 is 0 Å². The number of aliphatic hydroxyl groups is 1. The smallest absolute Gasteiger partial charge is 0.0512 e. The molecular formula is C12H28N2O. The third-order valence-electron chi connectivity index (χ3n) is 2.38. The van der Waals surface area contributed by atoms with Gasteiger partial charge >= 0.3 is 0 Å². The maximum atomic E-state index is 9.11. The number of aliphatic hydroxyl groups excluding tert-OH is 1. The molecular weight excluding hydrogens is 188 g/mol. The van der Waals surface area contributed by atoms with E-state index in [0.717, 1.165) is 44.9 Å². The van der Waals surface area contributed by atoms with Gasteiger partial charge < -0.3 is 15.3 Å². The van der Waals surface area contributed by atoms with Crippen molar-refractivity contribution in [1.82, 2.24) is 10.2 Å². The predicted molar refractivity (Wildman–Crippen MR) is 66.1 cm³/mol. The van der Waals surface area contributed by atoms with Gasteiger partial charge in [-0.25, -0.2) is 0 Å². The minimum atomic E-state index is -0.155. The van der Waals surface area contributed by atoms with Gasteiger partial charge in [0.05, 0.1) is 6.10 Å². The second-order valence-corrected chi connectivity index (χ2v) is 4.89. The molecule has 0 saturated heterocycles. The highest BCUT2D eigenvalue weighted by Gasteiger charge is 2.00. The van der Waals surface area contributed by atoms with Crippen molar-refractivity contribution in [2.45, 2.75) is 39.7 Å². The molecule has 92 valence electrons. The molecule has 0 aromatic heterocycles. The molecule has 0 saturated carbocycles. The first-order valence-electron chi connectivity index (χ1n) is 6.09. The number of rotatable bonds is 9. The Bertz CT molecular complexity index is 138. The molecule has 0 bridgehead atoms. The molecule has 0 radical (unpaired) electrons. The molecule has 2 N–H and O–H groups in total. The lowest BCUT2D eigenvalue weighted by molar-refractivity contribution is 0.174. The van der Waals surface area contributed by atoms with Crippen molar-refractivity contribution in [3.63, 3.8) is 0 Å². The highest BCUT2D eigenvalue weighted by molar-refractivity contribution is 4.58. The van der Waals surface area contributed by atoms with Crippen LogP contribution in [0, 0.1) is 5.92 Å². The first kappa shape index (κ1) is 14.9. The summed E-state index contributed by atoms with van der Waals surface area (Å²) >= 11 is 0. The highest BCUT2D eigenvalue weighted by atomic mass is 16.3. The molecule has 15 heavy (non-hydrogen) atoms. The van der Waals surface area contributed by atoms with E-state index in [2.05, 4.69) is 31.1 Å². The van der Waals surface area contributed by atoms with E-state index in [4.69, 9.17) is 5.11 Å². The molecule has 0 rings (SSSR count). The Morgan fingerprint density at radius 3 is 2.40 bits per heavy atom.